The highest BCUT2D eigenvalue weighted by Gasteiger charge is 2.08. The van der Waals surface area contributed by atoms with Crippen molar-refractivity contribution in [2.75, 3.05) is 31.3 Å². The van der Waals surface area contributed by atoms with Crippen molar-refractivity contribution in [1.29, 1.82) is 0 Å². The summed E-state index contributed by atoms with van der Waals surface area (Å²) >= 11 is 0. The molecular weight excluding hydrogens is 264 g/mol. The van der Waals surface area contributed by atoms with Gasteiger partial charge in [-0.05, 0) is 24.5 Å². The summed E-state index contributed by atoms with van der Waals surface area (Å²) in [5, 5.41) is 6.49. The fourth-order valence-electron chi connectivity index (χ4n) is 2.34. The third-order valence-corrected chi connectivity index (χ3v) is 3.42. The van der Waals surface area contributed by atoms with Crippen molar-refractivity contribution in [3.05, 3.63) is 41.7 Å². The number of hydrogen-bond donors (Lipinski definition) is 2. The van der Waals surface area contributed by atoms with Crippen LogP contribution in [-0.2, 0) is 12.8 Å². The van der Waals surface area contributed by atoms with Gasteiger partial charge in [0.05, 0.1) is 7.11 Å². The van der Waals surface area contributed by atoms with Crippen molar-refractivity contribution < 1.29 is 4.74 Å². The summed E-state index contributed by atoms with van der Waals surface area (Å²) in [6, 6.07) is 8.07. The number of aromatic nitrogens is 2. The van der Waals surface area contributed by atoms with Crippen LogP contribution in [0.25, 0.3) is 0 Å². The van der Waals surface area contributed by atoms with Gasteiger partial charge < -0.3 is 15.4 Å². The minimum absolute atomic E-state index is 0.799. The maximum Gasteiger partial charge on any atom is 0.134 e. The molecule has 0 saturated heterocycles. The molecule has 0 bridgehead atoms. The van der Waals surface area contributed by atoms with E-state index in [-0.39, 0.29) is 0 Å². The Bertz CT molecular complexity index is 586. The van der Waals surface area contributed by atoms with Gasteiger partial charge in [-0.3, -0.25) is 0 Å². The Morgan fingerprint density at radius 1 is 1.14 bits per heavy atom. The van der Waals surface area contributed by atoms with E-state index in [0.29, 0.717) is 0 Å². The van der Waals surface area contributed by atoms with E-state index in [4.69, 9.17) is 4.74 Å². The fourth-order valence-corrected chi connectivity index (χ4v) is 2.34. The van der Waals surface area contributed by atoms with Gasteiger partial charge in [0.1, 0.15) is 23.7 Å². The number of methoxy groups -OCH3 is 1. The SMILES string of the molecule is CCc1c(NC)ncnc1NCCc1ccccc1OC. The van der Waals surface area contributed by atoms with E-state index < -0.39 is 0 Å². The summed E-state index contributed by atoms with van der Waals surface area (Å²) in [7, 11) is 3.57. The zero-order valence-electron chi connectivity index (χ0n) is 12.8. The number of para-hydroxylation sites is 1. The molecule has 112 valence electrons. The first-order valence-electron chi connectivity index (χ1n) is 7.17. The molecule has 0 aliphatic rings. The molecule has 1 aromatic heterocycles. The summed E-state index contributed by atoms with van der Waals surface area (Å²) in [5.41, 5.74) is 2.30. The zero-order chi connectivity index (χ0) is 15.1. The highest BCUT2D eigenvalue weighted by Crippen LogP contribution is 2.21. The highest BCUT2D eigenvalue weighted by molar-refractivity contribution is 5.57. The number of nitrogens with one attached hydrogen (secondary N) is 2. The number of nitrogens with zero attached hydrogens (tertiary/aromatic N) is 2. The maximum atomic E-state index is 5.37. The number of hydrogen-bond acceptors (Lipinski definition) is 5. The Hall–Kier alpha value is -2.30. The normalized spacial score (nSPS) is 10.2. The van der Waals surface area contributed by atoms with Crippen molar-refractivity contribution in [2.45, 2.75) is 19.8 Å². The van der Waals surface area contributed by atoms with Crippen molar-refractivity contribution in [1.82, 2.24) is 9.97 Å². The Morgan fingerprint density at radius 3 is 2.62 bits per heavy atom. The Kier molecular flexibility index (Phi) is 5.37. The third-order valence-electron chi connectivity index (χ3n) is 3.42. The molecule has 2 rings (SSSR count). The number of rotatable bonds is 7. The van der Waals surface area contributed by atoms with Crippen LogP contribution in [0.2, 0.25) is 0 Å². The number of anilines is 2. The molecule has 0 saturated carbocycles. The van der Waals surface area contributed by atoms with Crippen molar-refractivity contribution >= 4 is 11.6 Å². The van der Waals surface area contributed by atoms with E-state index in [0.717, 1.165) is 42.3 Å². The topological polar surface area (TPSA) is 59.1 Å². The molecule has 0 amide bonds. The first-order chi connectivity index (χ1) is 10.3. The van der Waals surface area contributed by atoms with Crippen LogP contribution in [0.3, 0.4) is 0 Å². The van der Waals surface area contributed by atoms with Gasteiger partial charge in [0.2, 0.25) is 0 Å². The van der Waals surface area contributed by atoms with Gasteiger partial charge in [0, 0.05) is 19.2 Å². The molecule has 5 nitrogen and oxygen atoms in total. The van der Waals surface area contributed by atoms with E-state index >= 15 is 0 Å². The van der Waals surface area contributed by atoms with Gasteiger partial charge >= 0.3 is 0 Å². The smallest absolute Gasteiger partial charge is 0.134 e. The van der Waals surface area contributed by atoms with Gasteiger partial charge in [-0.1, -0.05) is 25.1 Å². The van der Waals surface area contributed by atoms with Crippen LogP contribution in [-0.4, -0.2) is 30.7 Å². The second-order valence-corrected chi connectivity index (χ2v) is 4.64. The number of ether oxygens (including phenoxy) is 1. The molecule has 0 spiro atoms. The largest absolute Gasteiger partial charge is 0.496 e. The zero-order valence-corrected chi connectivity index (χ0v) is 12.8. The molecule has 5 heteroatoms. The quantitative estimate of drug-likeness (QED) is 0.819. The Morgan fingerprint density at radius 2 is 1.90 bits per heavy atom. The fraction of sp³-hybridized carbons (Fsp3) is 0.375. The predicted molar refractivity (Wildman–Crippen MR) is 86.1 cm³/mol. The summed E-state index contributed by atoms with van der Waals surface area (Å²) in [6.45, 7) is 2.90. The van der Waals surface area contributed by atoms with Gasteiger partial charge in [0.25, 0.3) is 0 Å². The molecule has 0 unspecified atom stereocenters. The molecule has 0 radical (unpaired) electrons. The summed E-state index contributed by atoms with van der Waals surface area (Å²) in [5.74, 6) is 2.70. The van der Waals surface area contributed by atoms with E-state index in [1.807, 2.05) is 25.2 Å². The molecule has 1 heterocycles. The first kappa shape index (κ1) is 15.1. The summed E-state index contributed by atoms with van der Waals surface area (Å²) in [4.78, 5) is 8.58. The summed E-state index contributed by atoms with van der Waals surface area (Å²) < 4.78 is 5.37. The van der Waals surface area contributed by atoms with Crippen LogP contribution in [0.5, 0.6) is 5.75 Å². The molecule has 1 aromatic carbocycles. The lowest BCUT2D eigenvalue weighted by molar-refractivity contribution is 0.410. The number of benzene rings is 1. The first-order valence-corrected chi connectivity index (χ1v) is 7.17. The van der Waals surface area contributed by atoms with Crippen LogP contribution >= 0.6 is 0 Å². The van der Waals surface area contributed by atoms with Crippen LogP contribution in [0.4, 0.5) is 11.6 Å². The lowest BCUT2D eigenvalue weighted by Crippen LogP contribution is -2.11. The van der Waals surface area contributed by atoms with Crippen LogP contribution in [0.15, 0.2) is 30.6 Å². The maximum absolute atomic E-state index is 5.37. The van der Waals surface area contributed by atoms with Crippen LogP contribution in [0, 0.1) is 0 Å². The second-order valence-electron chi connectivity index (χ2n) is 4.64. The lowest BCUT2D eigenvalue weighted by atomic mass is 10.1. The molecule has 2 aromatic rings. The van der Waals surface area contributed by atoms with Crippen molar-refractivity contribution in [2.24, 2.45) is 0 Å². The van der Waals surface area contributed by atoms with E-state index in [2.05, 4.69) is 33.6 Å². The molecule has 0 fully saturated rings. The van der Waals surface area contributed by atoms with Gasteiger partial charge in [0.15, 0.2) is 0 Å². The third kappa shape index (κ3) is 3.62. The molecule has 0 aliphatic carbocycles. The van der Waals surface area contributed by atoms with Crippen LogP contribution in [0.1, 0.15) is 18.1 Å². The average Bonchev–Trinajstić information content (AvgIpc) is 2.54. The minimum atomic E-state index is 0.799. The standard InChI is InChI=1S/C16H22N4O/c1-4-13-15(17-2)19-11-20-16(13)18-10-9-12-7-5-6-8-14(12)21-3/h5-8,11H,4,9-10H2,1-3H3,(H2,17,18,19,20). The highest BCUT2D eigenvalue weighted by atomic mass is 16.5. The molecule has 21 heavy (non-hydrogen) atoms. The van der Waals surface area contributed by atoms with E-state index in [9.17, 15) is 0 Å². The van der Waals surface area contributed by atoms with Gasteiger partial charge in [-0.25, -0.2) is 9.97 Å². The van der Waals surface area contributed by atoms with E-state index in [1.54, 1.807) is 13.4 Å². The Labute approximate surface area is 125 Å². The van der Waals surface area contributed by atoms with Gasteiger partial charge in [-0.2, -0.15) is 0 Å². The second kappa shape index (κ2) is 7.47. The molecule has 0 atom stereocenters. The van der Waals surface area contributed by atoms with Crippen LogP contribution < -0.4 is 15.4 Å². The Balaban J connectivity index is 2.04. The predicted octanol–water partition coefficient (Wildman–Crippen LogP) is 2.74. The van der Waals surface area contributed by atoms with Crippen molar-refractivity contribution in [3.8, 4) is 5.75 Å². The summed E-state index contributed by atoms with van der Waals surface area (Å²) in [6.07, 6.45) is 3.34. The monoisotopic (exact) mass is 286 g/mol. The lowest BCUT2D eigenvalue weighted by Gasteiger charge is -2.13. The average molecular weight is 286 g/mol. The van der Waals surface area contributed by atoms with E-state index in [1.165, 1.54) is 5.56 Å². The van der Waals surface area contributed by atoms with Crippen molar-refractivity contribution in [3.63, 3.8) is 0 Å². The minimum Gasteiger partial charge on any atom is -0.496 e. The molecular formula is C16H22N4O. The molecule has 0 aliphatic heterocycles. The molecule has 2 N–H and O–H groups in total. The van der Waals surface area contributed by atoms with Gasteiger partial charge in [-0.15, -0.1) is 0 Å².